The summed E-state index contributed by atoms with van der Waals surface area (Å²) < 4.78 is 6.02. The van der Waals surface area contributed by atoms with Crippen LogP contribution in [0.15, 0.2) is 24.3 Å². The number of piperidine rings is 1. The first kappa shape index (κ1) is 20.2. The Morgan fingerprint density at radius 2 is 2.23 bits per heavy atom. The van der Waals surface area contributed by atoms with Crippen LogP contribution in [-0.2, 0) is 4.79 Å². The van der Waals surface area contributed by atoms with E-state index in [1.807, 2.05) is 24.3 Å². The van der Waals surface area contributed by atoms with Gasteiger partial charge in [0.1, 0.15) is 11.9 Å². The maximum Gasteiger partial charge on any atom is 0.237 e. The molecule has 1 amide bonds. The third-order valence-electron chi connectivity index (χ3n) is 4.21. The SMILES string of the molecule is NC(CCO)C(=O)NCCCC#Cc1cccc(OC2CCNCC2)c1. The predicted molar refractivity (Wildman–Crippen MR) is 102 cm³/mol. The highest BCUT2D eigenvalue weighted by atomic mass is 16.5. The van der Waals surface area contributed by atoms with Gasteiger partial charge in [-0.15, -0.1) is 0 Å². The minimum absolute atomic E-state index is 0.0829. The summed E-state index contributed by atoms with van der Waals surface area (Å²) in [6.07, 6.45) is 4.07. The molecule has 0 bridgehead atoms. The van der Waals surface area contributed by atoms with Crippen molar-refractivity contribution in [2.24, 2.45) is 5.73 Å². The molecule has 1 aliphatic heterocycles. The van der Waals surface area contributed by atoms with Gasteiger partial charge in [0.25, 0.3) is 0 Å². The number of nitrogens with two attached hydrogens (primary N) is 1. The first-order chi connectivity index (χ1) is 12.7. The van der Waals surface area contributed by atoms with E-state index in [-0.39, 0.29) is 25.0 Å². The highest BCUT2D eigenvalue weighted by molar-refractivity contribution is 5.81. The Kier molecular flexibility index (Phi) is 8.98. The molecular weight excluding hydrogens is 330 g/mol. The maximum atomic E-state index is 11.6. The number of rotatable bonds is 8. The lowest BCUT2D eigenvalue weighted by Gasteiger charge is -2.23. The van der Waals surface area contributed by atoms with Crippen molar-refractivity contribution in [3.05, 3.63) is 29.8 Å². The second kappa shape index (κ2) is 11.5. The van der Waals surface area contributed by atoms with E-state index in [4.69, 9.17) is 15.6 Å². The molecule has 1 saturated heterocycles. The monoisotopic (exact) mass is 359 g/mol. The average Bonchev–Trinajstić information content (AvgIpc) is 2.65. The lowest BCUT2D eigenvalue weighted by atomic mass is 10.1. The van der Waals surface area contributed by atoms with Gasteiger partial charge in [-0.25, -0.2) is 0 Å². The molecule has 1 aliphatic rings. The van der Waals surface area contributed by atoms with Crippen molar-refractivity contribution in [3.63, 3.8) is 0 Å². The molecule has 5 N–H and O–H groups in total. The second-order valence-electron chi connectivity index (χ2n) is 6.41. The molecular formula is C20H29N3O3. The summed E-state index contributed by atoms with van der Waals surface area (Å²) in [6, 6.07) is 7.23. The van der Waals surface area contributed by atoms with Crippen LogP contribution in [0, 0.1) is 11.8 Å². The summed E-state index contributed by atoms with van der Waals surface area (Å²) in [5, 5.41) is 14.8. The topological polar surface area (TPSA) is 96.6 Å². The number of ether oxygens (including phenoxy) is 1. The summed E-state index contributed by atoms with van der Waals surface area (Å²) in [5.74, 6) is 6.91. The van der Waals surface area contributed by atoms with E-state index in [0.29, 0.717) is 13.0 Å². The first-order valence-corrected chi connectivity index (χ1v) is 9.29. The Bertz CT molecular complexity index is 618. The molecule has 1 aromatic rings. The molecule has 0 spiro atoms. The van der Waals surface area contributed by atoms with Crippen LogP contribution in [0.5, 0.6) is 5.75 Å². The van der Waals surface area contributed by atoms with Gasteiger partial charge in [0, 0.05) is 25.1 Å². The van der Waals surface area contributed by atoms with Gasteiger partial charge in [0.2, 0.25) is 5.91 Å². The molecule has 2 rings (SSSR count). The van der Waals surface area contributed by atoms with Crippen molar-refractivity contribution < 1.29 is 14.6 Å². The fraction of sp³-hybridized carbons (Fsp3) is 0.550. The van der Waals surface area contributed by atoms with E-state index < -0.39 is 6.04 Å². The standard InChI is InChI=1S/C20H29N3O3/c21-19(10-14-24)20(25)23-11-3-1-2-5-16-6-4-7-18(15-16)26-17-8-12-22-13-9-17/h4,6-7,15,17,19,22,24H,1,3,8-14,21H2,(H,23,25). The molecule has 26 heavy (non-hydrogen) atoms. The molecule has 0 radical (unpaired) electrons. The minimum atomic E-state index is -0.645. The van der Waals surface area contributed by atoms with Crippen molar-refractivity contribution in [1.29, 1.82) is 0 Å². The van der Waals surface area contributed by atoms with Gasteiger partial charge < -0.3 is 26.2 Å². The smallest absolute Gasteiger partial charge is 0.237 e. The Morgan fingerprint density at radius 1 is 1.42 bits per heavy atom. The molecule has 0 saturated carbocycles. The first-order valence-electron chi connectivity index (χ1n) is 9.29. The molecule has 142 valence electrons. The second-order valence-corrected chi connectivity index (χ2v) is 6.41. The van der Waals surface area contributed by atoms with Crippen molar-refractivity contribution in [1.82, 2.24) is 10.6 Å². The number of amides is 1. The molecule has 6 heteroatoms. The summed E-state index contributed by atoms with van der Waals surface area (Å²) in [4.78, 5) is 11.6. The van der Waals surface area contributed by atoms with Crippen LogP contribution in [-0.4, -0.2) is 49.4 Å². The van der Waals surface area contributed by atoms with Crippen molar-refractivity contribution >= 4 is 5.91 Å². The van der Waals surface area contributed by atoms with E-state index >= 15 is 0 Å². The van der Waals surface area contributed by atoms with Crippen LogP contribution in [0.4, 0.5) is 0 Å². The van der Waals surface area contributed by atoms with Crippen molar-refractivity contribution in [3.8, 4) is 17.6 Å². The van der Waals surface area contributed by atoms with Crippen molar-refractivity contribution in [2.75, 3.05) is 26.2 Å². The number of carbonyl (C=O) groups is 1. The molecule has 1 unspecified atom stereocenters. The van der Waals surface area contributed by atoms with Gasteiger partial charge in [-0.3, -0.25) is 4.79 Å². The summed E-state index contributed by atoms with van der Waals surface area (Å²) in [6.45, 7) is 2.46. The van der Waals surface area contributed by atoms with E-state index in [2.05, 4.69) is 22.5 Å². The third-order valence-corrected chi connectivity index (χ3v) is 4.21. The molecule has 1 heterocycles. The molecule has 1 aromatic carbocycles. The maximum absolute atomic E-state index is 11.6. The quantitative estimate of drug-likeness (QED) is 0.406. The zero-order valence-corrected chi connectivity index (χ0v) is 15.2. The normalized spacial score (nSPS) is 15.6. The summed E-state index contributed by atoms with van der Waals surface area (Å²) in [5.41, 5.74) is 6.55. The Balaban J connectivity index is 1.70. The number of hydrogen-bond donors (Lipinski definition) is 4. The highest BCUT2D eigenvalue weighted by Crippen LogP contribution is 2.17. The number of hydrogen-bond acceptors (Lipinski definition) is 5. The van der Waals surface area contributed by atoms with Crippen LogP contribution in [0.3, 0.4) is 0 Å². The molecule has 0 aliphatic carbocycles. The number of nitrogens with one attached hydrogen (secondary N) is 2. The average molecular weight is 359 g/mol. The van der Waals surface area contributed by atoms with Gasteiger partial charge in [-0.1, -0.05) is 17.9 Å². The van der Waals surface area contributed by atoms with Gasteiger partial charge in [0.15, 0.2) is 0 Å². The van der Waals surface area contributed by atoms with Crippen LogP contribution < -0.4 is 21.1 Å². The Hall–Kier alpha value is -2.07. The van der Waals surface area contributed by atoms with E-state index in [1.165, 1.54) is 0 Å². The number of aliphatic hydroxyl groups is 1. The number of aliphatic hydroxyl groups excluding tert-OH is 1. The number of unbranched alkanes of at least 4 members (excludes halogenated alkanes) is 1. The molecule has 1 atom stereocenters. The summed E-state index contributed by atoms with van der Waals surface area (Å²) >= 11 is 0. The van der Waals surface area contributed by atoms with Crippen LogP contribution in [0.25, 0.3) is 0 Å². The predicted octanol–water partition coefficient (Wildman–Crippen LogP) is 0.775. The summed E-state index contributed by atoms with van der Waals surface area (Å²) in [7, 11) is 0. The Labute approximate surface area is 155 Å². The fourth-order valence-corrected chi connectivity index (χ4v) is 2.71. The third kappa shape index (κ3) is 7.44. The van der Waals surface area contributed by atoms with Crippen LogP contribution in [0.2, 0.25) is 0 Å². The Morgan fingerprint density at radius 3 is 3.00 bits per heavy atom. The van der Waals surface area contributed by atoms with Gasteiger partial charge in [-0.05, 0) is 57.0 Å². The molecule has 6 nitrogen and oxygen atoms in total. The molecule has 1 fully saturated rings. The minimum Gasteiger partial charge on any atom is -0.490 e. The van der Waals surface area contributed by atoms with Crippen LogP contribution in [0.1, 0.15) is 37.7 Å². The number of benzene rings is 1. The van der Waals surface area contributed by atoms with Crippen molar-refractivity contribution in [2.45, 2.75) is 44.2 Å². The van der Waals surface area contributed by atoms with Crippen LogP contribution >= 0.6 is 0 Å². The van der Waals surface area contributed by atoms with E-state index in [0.717, 1.165) is 43.7 Å². The fourth-order valence-electron chi connectivity index (χ4n) is 2.71. The number of carbonyl (C=O) groups excluding carboxylic acids is 1. The van der Waals surface area contributed by atoms with Gasteiger partial charge in [-0.2, -0.15) is 0 Å². The molecule has 0 aromatic heterocycles. The lowest BCUT2D eigenvalue weighted by molar-refractivity contribution is -0.122. The zero-order valence-electron chi connectivity index (χ0n) is 15.2. The van der Waals surface area contributed by atoms with Gasteiger partial charge in [0.05, 0.1) is 6.04 Å². The lowest BCUT2D eigenvalue weighted by Crippen LogP contribution is -2.41. The van der Waals surface area contributed by atoms with Gasteiger partial charge >= 0.3 is 0 Å². The zero-order chi connectivity index (χ0) is 18.6. The van der Waals surface area contributed by atoms with E-state index in [1.54, 1.807) is 0 Å². The van der Waals surface area contributed by atoms with E-state index in [9.17, 15) is 4.79 Å². The largest absolute Gasteiger partial charge is 0.490 e. The highest BCUT2D eigenvalue weighted by Gasteiger charge is 2.14.